The molecule has 2 bridgehead atoms. The summed E-state index contributed by atoms with van der Waals surface area (Å²) in [5.74, 6) is -1.70. The Morgan fingerprint density at radius 1 is 1.20 bits per heavy atom. The fourth-order valence-electron chi connectivity index (χ4n) is 4.12. The lowest BCUT2D eigenvalue weighted by Crippen LogP contribution is -2.62. The molecule has 0 aromatic heterocycles. The summed E-state index contributed by atoms with van der Waals surface area (Å²) in [6.45, 7) is 1.62. The highest BCUT2D eigenvalue weighted by molar-refractivity contribution is 5.89. The average molecular weight is 270 g/mol. The van der Waals surface area contributed by atoms with E-state index in [0.29, 0.717) is 12.8 Å². The molecule has 3 aliphatic rings. The summed E-state index contributed by atoms with van der Waals surface area (Å²) in [6.07, 6.45) is 2.24. The summed E-state index contributed by atoms with van der Waals surface area (Å²) >= 11 is 0. The Bertz CT molecular complexity index is 596. The molecule has 0 radical (unpaired) electrons. The lowest BCUT2D eigenvalue weighted by atomic mass is 9.52. The van der Waals surface area contributed by atoms with Crippen LogP contribution in [-0.2, 0) is 9.47 Å². The smallest absolute Gasteiger partial charge is 0.217 e. The largest absolute Gasteiger partial charge is 0.447 e. The second kappa shape index (κ2) is 3.72. The van der Waals surface area contributed by atoms with E-state index in [9.17, 15) is 15.8 Å². The Morgan fingerprint density at radius 3 is 2.50 bits per heavy atom. The number of nitrogens with zero attached hydrogens (tertiary/aromatic N) is 3. The second-order valence-electron chi connectivity index (χ2n) is 5.75. The minimum Gasteiger partial charge on any atom is -0.447 e. The molecule has 3 fully saturated rings. The maximum Gasteiger partial charge on any atom is 0.217 e. The third kappa shape index (κ3) is 1.05. The average Bonchev–Trinajstić information content (AvgIpc) is 2.66. The first kappa shape index (κ1) is 12.9. The van der Waals surface area contributed by atoms with Gasteiger partial charge in [0.1, 0.15) is 0 Å². The van der Waals surface area contributed by atoms with E-state index in [-0.39, 0.29) is 5.90 Å². The van der Waals surface area contributed by atoms with E-state index >= 15 is 0 Å². The number of nitrogens with one attached hydrogen (secondary N) is 1. The molecule has 102 valence electrons. The molecular weight excluding hydrogens is 256 g/mol. The Morgan fingerprint density at radius 2 is 1.90 bits per heavy atom. The monoisotopic (exact) mass is 270 g/mol. The lowest BCUT2D eigenvalue weighted by molar-refractivity contribution is -0.287. The summed E-state index contributed by atoms with van der Waals surface area (Å²) < 4.78 is 11.5. The van der Waals surface area contributed by atoms with Crippen LogP contribution in [0.2, 0.25) is 0 Å². The zero-order valence-corrected chi connectivity index (χ0v) is 11.1. The van der Waals surface area contributed by atoms with Crippen LogP contribution < -0.4 is 0 Å². The standard InChI is InChI=1S/C14H14N4O2/c1-9-12(6-15,7-16)13(8-17)10-4-2-3-5-14(10,19-9)20-11(13)18/h9-10,18H,2-5H2,1H3/t9-,10+,13-,14-/m1/s1. The van der Waals surface area contributed by atoms with Gasteiger partial charge in [-0.1, -0.05) is 6.42 Å². The van der Waals surface area contributed by atoms with Crippen LogP contribution in [0.1, 0.15) is 32.6 Å². The van der Waals surface area contributed by atoms with Gasteiger partial charge >= 0.3 is 0 Å². The number of nitriles is 3. The molecule has 1 saturated carbocycles. The molecule has 1 aliphatic carbocycles. The molecule has 6 heteroatoms. The predicted molar refractivity (Wildman–Crippen MR) is 65.8 cm³/mol. The molecule has 6 nitrogen and oxygen atoms in total. The lowest BCUT2D eigenvalue weighted by Gasteiger charge is -2.50. The Balaban J connectivity index is 2.30. The molecule has 0 amide bonds. The number of ether oxygens (including phenoxy) is 2. The highest BCUT2D eigenvalue weighted by Crippen LogP contribution is 2.66. The molecular formula is C14H14N4O2. The zero-order valence-electron chi connectivity index (χ0n) is 11.1. The van der Waals surface area contributed by atoms with Crippen molar-refractivity contribution in [2.24, 2.45) is 16.7 Å². The molecule has 0 aromatic rings. The van der Waals surface area contributed by atoms with Crippen molar-refractivity contribution in [1.82, 2.24) is 0 Å². The zero-order chi connectivity index (χ0) is 14.6. The molecule has 20 heavy (non-hydrogen) atoms. The van der Waals surface area contributed by atoms with E-state index in [1.54, 1.807) is 6.92 Å². The summed E-state index contributed by atoms with van der Waals surface area (Å²) in [5, 5.41) is 37.1. The summed E-state index contributed by atoms with van der Waals surface area (Å²) in [4.78, 5) is 0. The normalized spacial score (nSPS) is 44.4. The summed E-state index contributed by atoms with van der Waals surface area (Å²) in [7, 11) is 0. The summed E-state index contributed by atoms with van der Waals surface area (Å²) in [5.41, 5.74) is -3.21. The number of hydrogen-bond donors (Lipinski definition) is 1. The van der Waals surface area contributed by atoms with E-state index in [0.717, 1.165) is 12.8 Å². The van der Waals surface area contributed by atoms with Crippen LogP contribution in [0.4, 0.5) is 0 Å². The van der Waals surface area contributed by atoms with Crippen molar-refractivity contribution < 1.29 is 9.47 Å². The van der Waals surface area contributed by atoms with Crippen molar-refractivity contribution in [2.45, 2.75) is 44.5 Å². The van der Waals surface area contributed by atoms with Crippen LogP contribution in [-0.4, -0.2) is 17.8 Å². The van der Waals surface area contributed by atoms with Gasteiger partial charge in [-0.05, 0) is 19.8 Å². The molecule has 3 rings (SSSR count). The van der Waals surface area contributed by atoms with E-state index in [2.05, 4.69) is 6.07 Å². The molecule has 2 heterocycles. The van der Waals surface area contributed by atoms with Gasteiger partial charge < -0.3 is 9.47 Å². The Hall–Kier alpha value is -2.10. The van der Waals surface area contributed by atoms with Crippen molar-refractivity contribution in [3.8, 4) is 18.2 Å². The van der Waals surface area contributed by atoms with Crippen molar-refractivity contribution in [1.29, 1.82) is 21.2 Å². The SMILES string of the molecule is C[C@H]1O[C@@]23CCCC[C@H]2[C@](C#N)(C(=N)O3)C1(C#N)C#N. The van der Waals surface area contributed by atoms with Crippen LogP contribution in [0, 0.1) is 56.2 Å². The molecule has 0 spiro atoms. The van der Waals surface area contributed by atoms with Crippen molar-refractivity contribution in [2.75, 3.05) is 0 Å². The minimum absolute atomic E-state index is 0.278. The maximum atomic E-state index is 9.76. The highest BCUT2D eigenvalue weighted by atomic mass is 16.7. The van der Waals surface area contributed by atoms with Crippen LogP contribution in [0.25, 0.3) is 0 Å². The van der Waals surface area contributed by atoms with Gasteiger partial charge in [-0.3, -0.25) is 5.41 Å². The highest BCUT2D eigenvalue weighted by Gasteiger charge is 2.79. The minimum atomic E-state index is -1.69. The predicted octanol–water partition coefficient (Wildman–Crippen LogP) is 1.84. The maximum absolute atomic E-state index is 9.76. The Labute approximate surface area is 117 Å². The molecule has 2 aliphatic heterocycles. The fraction of sp³-hybridized carbons (Fsp3) is 0.714. The van der Waals surface area contributed by atoms with Gasteiger partial charge in [-0.15, -0.1) is 0 Å². The van der Waals surface area contributed by atoms with Gasteiger partial charge in [0.25, 0.3) is 0 Å². The first-order valence-electron chi connectivity index (χ1n) is 6.72. The topological polar surface area (TPSA) is 114 Å². The fourth-order valence-corrected chi connectivity index (χ4v) is 4.12. The molecule has 1 N–H and O–H groups in total. The first-order valence-corrected chi connectivity index (χ1v) is 6.72. The number of rotatable bonds is 0. The van der Waals surface area contributed by atoms with Gasteiger partial charge in [0.2, 0.25) is 11.7 Å². The van der Waals surface area contributed by atoms with Gasteiger partial charge in [-0.2, -0.15) is 15.8 Å². The van der Waals surface area contributed by atoms with E-state index < -0.39 is 28.6 Å². The van der Waals surface area contributed by atoms with Crippen LogP contribution in [0.3, 0.4) is 0 Å². The quantitative estimate of drug-likeness (QED) is 0.721. The third-order valence-corrected chi connectivity index (χ3v) is 5.09. The molecule has 0 aromatic carbocycles. The van der Waals surface area contributed by atoms with E-state index in [1.807, 2.05) is 12.1 Å². The second-order valence-corrected chi connectivity index (χ2v) is 5.75. The van der Waals surface area contributed by atoms with Crippen molar-refractivity contribution in [3.05, 3.63) is 0 Å². The van der Waals surface area contributed by atoms with E-state index in [4.69, 9.17) is 14.9 Å². The number of hydrogen-bond acceptors (Lipinski definition) is 6. The molecule has 4 atom stereocenters. The van der Waals surface area contributed by atoms with Crippen molar-refractivity contribution in [3.63, 3.8) is 0 Å². The molecule has 0 unspecified atom stereocenters. The van der Waals surface area contributed by atoms with Crippen LogP contribution >= 0.6 is 0 Å². The summed E-state index contributed by atoms with van der Waals surface area (Å²) in [6, 6.07) is 6.04. The van der Waals surface area contributed by atoms with Gasteiger partial charge in [0, 0.05) is 6.42 Å². The van der Waals surface area contributed by atoms with Crippen LogP contribution in [0.5, 0.6) is 0 Å². The Kier molecular flexibility index (Phi) is 2.40. The van der Waals surface area contributed by atoms with E-state index in [1.165, 1.54) is 0 Å². The van der Waals surface area contributed by atoms with Gasteiger partial charge in [0.05, 0.1) is 30.2 Å². The molecule has 2 saturated heterocycles. The van der Waals surface area contributed by atoms with Crippen molar-refractivity contribution >= 4 is 5.90 Å². The van der Waals surface area contributed by atoms with Gasteiger partial charge in [-0.25, -0.2) is 0 Å². The van der Waals surface area contributed by atoms with Gasteiger partial charge in [0.15, 0.2) is 10.8 Å². The first-order chi connectivity index (χ1) is 9.53. The third-order valence-electron chi connectivity index (χ3n) is 5.09. The van der Waals surface area contributed by atoms with Crippen LogP contribution in [0.15, 0.2) is 0 Å².